The lowest BCUT2D eigenvalue weighted by molar-refractivity contribution is 0.213. The van der Waals surface area contributed by atoms with Gasteiger partial charge in [-0.2, -0.15) is 5.10 Å². The van der Waals surface area contributed by atoms with Gasteiger partial charge in [0.25, 0.3) is 0 Å². The normalized spacial score (nSPS) is 11.9. The van der Waals surface area contributed by atoms with Crippen molar-refractivity contribution in [3.05, 3.63) is 72.6 Å². The van der Waals surface area contributed by atoms with Crippen LogP contribution in [-0.4, -0.2) is 42.5 Å². The van der Waals surface area contributed by atoms with Gasteiger partial charge in [0.05, 0.1) is 25.5 Å². The molecule has 1 aromatic heterocycles. The lowest BCUT2D eigenvalue weighted by atomic mass is 10.3. The highest BCUT2D eigenvalue weighted by Gasteiger charge is 2.09. The number of ether oxygens (including phenoxy) is 2. The smallest absolute Gasteiger partial charge is 0.191 e. The summed E-state index contributed by atoms with van der Waals surface area (Å²) in [5, 5.41) is 11.0. The average molecular weight is 521 g/mol. The number of aliphatic imine (C=N–C) groups is 1. The Morgan fingerprint density at radius 3 is 2.47 bits per heavy atom. The van der Waals surface area contributed by atoms with E-state index in [4.69, 9.17) is 9.47 Å². The number of guanidine groups is 1. The van der Waals surface area contributed by atoms with E-state index in [1.807, 2.05) is 78.6 Å². The number of halogens is 1. The number of nitrogens with one attached hydrogen (secondary N) is 2. The summed E-state index contributed by atoms with van der Waals surface area (Å²) in [5.74, 6) is 2.14. The number of hydrogen-bond acceptors (Lipinski definition) is 4. The first-order valence-corrected chi connectivity index (χ1v) is 9.52. The van der Waals surface area contributed by atoms with Crippen LogP contribution in [0.4, 0.5) is 0 Å². The Bertz CT molecular complexity index is 930. The van der Waals surface area contributed by atoms with E-state index in [-0.39, 0.29) is 30.1 Å². The molecule has 2 aromatic carbocycles. The summed E-state index contributed by atoms with van der Waals surface area (Å²) in [5.41, 5.74) is 2.10. The van der Waals surface area contributed by atoms with Gasteiger partial charge in [-0.25, -0.2) is 4.68 Å². The molecule has 7 nitrogen and oxygen atoms in total. The molecule has 1 atom stereocenters. The largest absolute Gasteiger partial charge is 0.493 e. The molecule has 0 aliphatic heterocycles. The van der Waals surface area contributed by atoms with Crippen LogP contribution >= 0.6 is 24.0 Å². The summed E-state index contributed by atoms with van der Waals surface area (Å²) in [4.78, 5) is 4.27. The molecule has 0 amide bonds. The predicted octanol–water partition coefficient (Wildman–Crippen LogP) is 3.63. The second-order valence-corrected chi connectivity index (χ2v) is 6.51. The summed E-state index contributed by atoms with van der Waals surface area (Å²) in [6.45, 7) is 3.21. The van der Waals surface area contributed by atoms with Gasteiger partial charge in [0.1, 0.15) is 6.10 Å². The minimum atomic E-state index is -0.0642. The van der Waals surface area contributed by atoms with Crippen molar-refractivity contribution in [3.8, 4) is 17.2 Å². The van der Waals surface area contributed by atoms with E-state index in [0.717, 1.165) is 22.7 Å². The van der Waals surface area contributed by atoms with Crippen molar-refractivity contribution in [1.82, 2.24) is 20.4 Å². The monoisotopic (exact) mass is 521 g/mol. The van der Waals surface area contributed by atoms with E-state index >= 15 is 0 Å². The second-order valence-electron chi connectivity index (χ2n) is 6.51. The van der Waals surface area contributed by atoms with Crippen LogP contribution in [0.5, 0.6) is 11.5 Å². The number of methoxy groups -OCH3 is 1. The number of hydrogen-bond donors (Lipinski definition) is 2. The first-order valence-electron chi connectivity index (χ1n) is 9.52. The minimum Gasteiger partial charge on any atom is -0.493 e. The summed E-state index contributed by atoms with van der Waals surface area (Å²) >= 11 is 0. The van der Waals surface area contributed by atoms with E-state index < -0.39 is 0 Å². The third kappa shape index (κ3) is 6.65. The maximum absolute atomic E-state index is 5.96. The van der Waals surface area contributed by atoms with Crippen molar-refractivity contribution >= 4 is 29.9 Å². The van der Waals surface area contributed by atoms with Crippen LogP contribution < -0.4 is 20.1 Å². The quantitative estimate of drug-likeness (QED) is 0.269. The van der Waals surface area contributed by atoms with Gasteiger partial charge >= 0.3 is 0 Å². The zero-order valence-electron chi connectivity index (χ0n) is 17.4. The molecule has 1 unspecified atom stereocenters. The van der Waals surface area contributed by atoms with Gasteiger partial charge in [0, 0.05) is 25.4 Å². The molecule has 160 valence electrons. The van der Waals surface area contributed by atoms with Crippen molar-refractivity contribution in [2.45, 2.75) is 19.6 Å². The van der Waals surface area contributed by atoms with Gasteiger partial charge in [0.15, 0.2) is 17.5 Å². The fourth-order valence-electron chi connectivity index (χ4n) is 2.79. The molecule has 0 spiro atoms. The van der Waals surface area contributed by atoms with Crippen LogP contribution in [-0.2, 0) is 6.54 Å². The van der Waals surface area contributed by atoms with Crippen molar-refractivity contribution in [3.63, 3.8) is 0 Å². The standard InChI is InChI=1S/C22H27N5O2.HI/c1-17(29-21-12-8-7-11-20(21)28-3)13-24-22(23-2)25-14-18-15-26-27(16-18)19-9-5-4-6-10-19;/h4-12,15-17H,13-14H2,1-3H3,(H2,23,24,25);1H. The molecule has 3 aromatic rings. The molecule has 0 radical (unpaired) electrons. The van der Waals surface area contributed by atoms with E-state index in [1.54, 1.807) is 14.2 Å². The fourth-order valence-corrected chi connectivity index (χ4v) is 2.79. The van der Waals surface area contributed by atoms with Crippen LogP contribution in [0.25, 0.3) is 5.69 Å². The van der Waals surface area contributed by atoms with Gasteiger partial charge in [-0.05, 0) is 31.2 Å². The topological polar surface area (TPSA) is 72.7 Å². The fraction of sp³-hybridized carbons (Fsp3) is 0.273. The highest BCUT2D eigenvalue weighted by molar-refractivity contribution is 14.0. The summed E-state index contributed by atoms with van der Waals surface area (Å²) < 4.78 is 13.1. The van der Waals surface area contributed by atoms with Crippen molar-refractivity contribution in [1.29, 1.82) is 0 Å². The molecule has 0 saturated carbocycles. The molecule has 3 rings (SSSR count). The maximum atomic E-state index is 5.96. The van der Waals surface area contributed by atoms with Gasteiger partial charge in [-0.3, -0.25) is 4.99 Å². The SMILES string of the molecule is CN=C(NCc1cnn(-c2ccccc2)c1)NCC(C)Oc1ccccc1OC.I. The van der Waals surface area contributed by atoms with Crippen LogP contribution in [0.1, 0.15) is 12.5 Å². The zero-order valence-corrected chi connectivity index (χ0v) is 19.7. The molecule has 1 heterocycles. The first kappa shape index (κ1) is 23.5. The predicted molar refractivity (Wildman–Crippen MR) is 130 cm³/mol. The minimum absolute atomic E-state index is 0. The van der Waals surface area contributed by atoms with Gasteiger partial charge in [-0.15, -0.1) is 24.0 Å². The number of aromatic nitrogens is 2. The summed E-state index contributed by atoms with van der Waals surface area (Å²) in [6, 6.07) is 17.6. The molecule has 0 saturated heterocycles. The molecule has 0 aliphatic carbocycles. The number of benzene rings is 2. The average Bonchev–Trinajstić information content (AvgIpc) is 3.24. The Labute approximate surface area is 194 Å². The molecular weight excluding hydrogens is 493 g/mol. The van der Waals surface area contributed by atoms with Crippen molar-refractivity contribution in [2.75, 3.05) is 20.7 Å². The molecule has 0 fully saturated rings. The Morgan fingerprint density at radius 2 is 1.77 bits per heavy atom. The Morgan fingerprint density at radius 1 is 1.07 bits per heavy atom. The van der Waals surface area contributed by atoms with Gasteiger partial charge in [0.2, 0.25) is 0 Å². The molecule has 0 aliphatic rings. The van der Waals surface area contributed by atoms with E-state index in [2.05, 4.69) is 20.7 Å². The highest BCUT2D eigenvalue weighted by Crippen LogP contribution is 2.26. The highest BCUT2D eigenvalue weighted by atomic mass is 127. The third-order valence-corrected chi connectivity index (χ3v) is 4.29. The lowest BCUT2D eigenvalue weighted by Crippen LogP contribution is -2.41. The van der Waals surface area contributed by atoms with Crippen LogP contribution in [0.2, 0.25) is 0 Å². The van der Waals surface area contributed by atoms with Gasteiger partial charge < -0.3 is 20.1 Å². The Hall–Kier alpha value is -2.75. The summed E-state index contributed by atoms with van der Waals surface area (Å²) in [6.07, 6.45) is 3.79. The molecule has 0 bridgehead atoms. The molecule has 2 N–H and O–H groups in total. The molecular formula is C22H28IN5O2. The molecule has 30 heavy (non-hydrogen) atoms. The van der Waals surface area contributed by atoms with Crippen molar-refractivity contribution < 1.29 is 9.47 Å². The van der Waals surface area contributed by atoms with Crippen LogP contribution in [0, 0.1) is 0 Å². The first-order chi connectivity index (χ1) is 14.2. The Balaban J connectivity index is 0.00000320. The second kappa shape index (κ2) is 12.1. The van der Waals surface area contributed by atoms with E-state index in [9.17, 15) is 0 Å². The number of nitrogens with zero attached hydrogens (tertiary/aromatic N) is 3. The van der Waals surface area contributed by atoms with Crippen molar-refractivity contribution in [2.24, 2.45) is 4.99 Å². The Kier molecular flexibility index (Phi) is 9.46. The summed E-state index contributed by atoms with van der Waals surface area (Å²) in [7, 11) is 3.38. The van der Waals surface area contributed by atoms with E-state index in [0.29, 0.717) is 19.0 Å². The van der Waals surface area contributed by atoms with Crippen LogP contribution in [0.3, 0.4) is 0 Å². The third-order valence-electron chi connectivity index (χ3n) is 4.29. The molecule has 8 heteroatoms. The maximum Gasteiger partial charge on any atom is 0.191 e. The zero-order chi connectivity index (χ0) is 20.5. The van der Waals surface area contributed by atoms with Gasteiger partial charge in [-0.1, -0.05) is 30.3 Å². The lowest BCUT2D eigenvalue weighted by Gasteiger charge is -2.18. The number of para-hydroxylation sites is 3. The van der Waals surface area contributed by atoms with E-state index in [1.165, 1.54) is 0 Å². The van der Waals surface area contributed by atoms with Crippen LogP contribution in [0.15, 0.2) is 72.0 Å². The number of rotatable bonds is 8.